The Labute approximate surface area is 181 Å². The van der Waals surface area contributed by atoms with Crippen molar-refractivity contribution in [3.8, 4) is 11.3 Å². The van der Waals surface area contributed by atoms with Crippen molar-refractivity contribution in [3.05, 3.63) is 82.0 Å². The Kier molecular flexibility index (Phi) is 6.04. The van der Waals surface area contributed by atoms with E-state index in [2.05, 4.69) is 15.5 Å². The molecule has 1 aliphatic rings. The molecule has 1 aromatic heterocycles. The molecule has 29 heavy (non-hydrogen) atoms. The number of amidine groups is 1. The number of halogens is 2. The van der Waals surface area contributed by atoms with E-state index in [0.29, 0.717) is 33.2 Å². The SMILES string of the molecule is O=C1N/C(=N/N=C\c2ccc(-c3cccc(Cl)c3)o2)S[C@@H]1Cc1cccc(Cl)c1. The van der Waals surface area contributed by atoms with Gasteiger partial charge in [0, 0.05) is 15.6 Å². The molecular weight excluding hydrogens is 429 g/mol. The maximum atomic E-state index is 12.2. The number of amides is 1. The average Bonchev–Trinajstić information content (AvgIpc) is 3.29. The summed E-state index contributed by atoms with van der Waals surface area (Å²) in [4.78, 5) is 12.2. The molecule has 0 spiro atoms. The van der Waals surface area contributed by atoms with Crippen molar-refractivity contribution in [1.29, 1.82) is 0 Å². The number of carbonyl (C=O) groups is 1. The van der Waals surface area contributed by atoms with E-state index in [9.17, 15) is 4.79 Å². The van der Waals surface area contributed by atoms with Crippen LogP contribution in [0.4, 0.5) is 0 Å². The van der Waals surface area contributed by atoms with Crippen molar-refractivity contribution in [2.45, 2.75) is 11.7 Å². The fraction of sp³-hybridized carbons (Fsp3) is 0.0952. The zero-order chi connectivity index (χ0) is 20.2. The Morgan fingerprint density at radius 2 is 1.86 bits per heavy atom. The van der Waals surface area contributed by atoms with Crippen LogP contribution in [0.2, 0.25) is 10.0 Å². The second-order valence-electron chi connectivity index (χ2n) is 6.29. The molecule has 0 bridgehead atoms. The summed E-state index contributed by atoms with van der Waals surface area (Å²) < 4.78 is 5.74. The molecule has 8 heteroatoms. The van der Waals surface area contributed by atoms with Gasteiger partial charge in [-0.25, -0.2) is 0 Å². The minimum Gasteiger partial charge on any atom is -0.455 e. The Balaban J connectivity index is 1.39. The maximum Gasteiger partial charge on any atom is 0.239 e. The standard InChI is InChI=1S/C21H15Cl2N3O2S/c22-15-5-1-3-13(9-15)10-19-20(27)25-21(29-19)26-24-12-17-7-8-18(28-17)14-4-2-6-16(23)11-14/h1-9,11-12,19H,10H2,(H,25,26,27)/b24-12-/t19-/m1/s1. The van der Waals surface area contributed by atoms with E-state index < -0.39 is 0 Å². The second kappa shape index (κ2) is 8.86. The minimum absolute atomic E-state index is 0.0924. The zero-order valence-corrected chi connectivity index (χ0v) is 17.3. The normalized spacial score (nSPS) is 17.9. The molecule has 1 amide bonds. The van der Waals surface area contributed by atoms with Crippen LogP contribution in [0, 0.1) is 0 Å². The van der Waals surface area contributed by atoms with Crippen LogP contribution in [0.5, 0.6) is 0 Å². The lowest BCUT2D eigenvalue weighted by Gasteiger charge is -2.05. The van der Waals surface area contributed by atoms with Crippen molar-refractivity contribution in [1.82, 2.24) is 5.32 Å². The predicted octanol–water partition coefficient (Wildman–Crippen LogP) is 5.42. The molecule has 3 aromatic rings. The van der Waals surface area contributed by atoms with Gasteiger partial charge in [0.15, 0.2) is 5.17 Å². The number of benzene rings is 2. The number of nitrogens with zero attached hydrogens (tertiary/aromatic N) is 2. The third kappa shape index (κ3) is 5.09. The van der Waals surface area contributed by atoms with Gasteiger partial charge in [0.1, 0.15) is 11.5 Å². The van der Waals surface area contributed by atoms with Gasteiger partial charge in [0.25, 0.3) is 0 Å². The summed E-state index contributed by atoms with van der Waals surface area (Å²) >= 11 is 13.4. The van der Waals surface area contributed by atoms with Gasteiger partial charge >= 0.3 is 0 Å². The third-order valence-corrected chi connectivity index (χ3v) is 5.70. The zero-order valence-electron chi connectivity index (χ0n) is 15.0. The molecule has 146 valence electrons. The highest BCUT2D eigenvalue weighted by Gasteiger charge is 2.30. The van der Waals surface area contributed by atoms with Crippen LogP contribution < -0.4 is 5.32 Å². The van der Waals surface area contributed by atoms with E-state index in [0.717, 1.165) is 11.1 Å². The van der Waals surface area contributed by atoms with Gasteiger partial charge in [-0.05, 0) is 48.4 Å². The Bertz CT molecular complexity index is 1110. The van der Waals surface area contributed by atoms with Crippen molar-refractivity contribution >= 4 is 52.3 Å². The summed E-state index contributed by atoms with van der Waals surface area (Å²) in [5, 5.41) is 12.3. The number of carbonyl (C=O) groups excluding carboxylic acids is 1. The molecule has 1 atom stereocenters. The van der Waals surface area contributed by atoms with Gasteiger partial charge in [-0.15, -0.1) is 5.10 Å². The van der Waals surface area contributed by atoms with Gasteiger partial charge < -0.3 is 9.73 Å². The highest BCUT2D eigenvalue weighted by Crippen LogP contribution is 2.25. The number of hydrogen-bond acceptors (Lipinski definition) is 5. The Morgan fingerprint density at radius 3 is 2.66 bits per heavy atom. The smallest absolute Gasteiger partial charge is 0.239 e. The fourth-order valence-electron chi connectivity index (χ4n) is 2.82. The van der Waals surface area contributed by atoms with Crippen molar-refractivity contribution in [2.75, 3.05) is 0 Å². The molecule has 2 aromatic carbocycles. The van der Waals surface area contributed by atoms with Crippen molar-refractivity contribution < 1.29 is 9.21 Å². The van der Waals surface area contributed by atoms with E-state index in [-0.39, 0.29) is 11.2 Å². The first-order chi connectivity index (χ1) is 14.1. The highest BCUT2D eigenvalue weighted by atomic mass is 35.5. The van der Waals surface area contributed by atoms with Gasteiger partial charge in [0.2, 0.25) is 5.91 Å². The van der Waals surface area contributed by atoms with Crippen LogP contribution in [-0.2, 0) is 11.2 Å². The molecule has 2 heterocycles. The predicted molar refractivity (Wildman–Crippen MR) is 119 cm³/mol. The van der Waals surface area contributed by atoms with Crippen molar-refractivity contribution in [3.63, 3.8) is 0 Å². The van der Waals surface area contributed by atoms with E-state index in [1.807, 2.05) is 42.5 Å². The molecule has 4 rings (SSSR count). The number of nitrogens with one attached hydrogen (secondary N) is 1. The Morgan fingerprint density at radius 1 is 1.07 bits per heavy atom. The monoisotopic (exact) mass is 443 g/mol. The number of furan rings is 1. The van der Waals surface area contributed by atoms with Gasteiger partial charge in [-0.3, -0.25) is 4.79 Å². The molecule has 1 N–H and O–H groups in total. The molecule has 0 unspecified atom stereocenters. The summed E-state index contributed by atoms with van der Waals surface area (Å²) in [5.41, 5.74) is 1.88. The first kappa shape index (κ1) is 19.8. The van der Waals surface area contributed by atoms with Crippen LogP contribution in [0.3, 0.4) is 0 Å². The molecule has 1 aliphatic heterocycles. The van der Waals surface area contributed by atoms with Crippen LogP contribution in [-0.4, -0.2) is 22.5 Å². The lowest BCUT2D eigenvalue weighted by Crippen LogP contribution is -2.25. The highest BCUT2D eigenvalue weighted by molar-refractivity contribution is 8.15. The lowest BCUT2D eigenvalue weighted by atomic mass is 10.1. The summed E-state index contributed by atoms with van der Waals surface area (Å²) in [5.74, 6) is 1.14. The van der Waals surface area contributed by atoms with Gasteiger partial charge in [-0.1, -0.05) is 59.2 Å². The molecule has 5 nitrogen and oxygen atoms in total. The van der Waals surface area contributed by atoms with E-state index in [1.165, 1.54) is 18.0 Å². The van der Waals surface area contributed by atoms with E-state index in [4.69, 9.17) is 27.6 Å². The van der Waals surface area contributed by atoms with Gasteiger partial charge in [0.05, 0.1) is 11.5 Å². The van der Waals surface area contributed by atoms with Crippen molar-refractivity contribution in [2.24, 2.45) is 10.2 Å². The van der Waals surface area contributed by atoms with Gasteiger partial charge in [-0.2, -0.15) is 5.10 Å². The summed E-state index contributed by atoms with van der Waals surface area (Å²) in [6.45, 7) is 0. The first-order valence-corrected chi connectivity index (χ1v) is 10.4. The largest absolute Gasteiger partial charge is 0.455 e. The van der Waals surface area contributed by atoms with E-state index in [1.54, 1.807) is 18.2 Å². The van der Waals surface area contributed by atoms with Crippen LogP contribution in [0.1, 0.15) is 11.3 Å². The fourth-order valence-corrected chi connectivity index (χ4v) is 4.19. The molecular formula is C21H15Cl2N3O2S. The summed E-state index contributed by atoms with van der Waals surface area (Å²) in [7, 11) is 0. The first-order valence-electron chi connectivity index (χ1n) is 8.75. The number of rotatable bonds is 5. The average molecular weight is 444 g/mol. The van der Waals surface area contributed by atoms with Crippen LogP contribution >= 0.6 is 35.0 Å². The summed E-state index contributed by atoms with van der Waals surface area (Å²) in [6.07, 6.45) is 2.07. The molecule has 0 radical (unpaired) electrons. The maximum absolute atomic E-state index is 12.2. The molecule has 1 fully saturated rings. The number of thioether (sulfide) groups is 1. The summed E-state index contributed by atoms with van der Waals surface area (Å²) in [6, 6.07) is 18.5. The lowest BCUT2D eigenvalue weighted by molar-refractivity contribution is -0.118. The quantitative estimate of drug-likeness (QED) is 0.422. The van der Waals surface area contributed by atoms with E-state index >= 15 is 0 Å². The Hall–Kier alpha value is -2.54. The van der Waals surface area contributed by atoms with Crippen LogP contribution in [0.25, 0.3) is 11.3 Å². The van der Waals surface area contributed by atoms with Crippen LogP contribution in [0.15, 0.2) is 75.3 Å². The molecule has 0 saturated carbocycles. The number of hydrogen-bond donors (Lipinski definition) is 1. The second-order valence-corrected chi connectivity index (χ2v) is 8.36. The molecule has 0 aliphatic carbocycles. The third-order valence-electron chi connectivity index (χ3n) is 4.16. The molecule has 1 saturated heterocycles. The topological polar surface area (TPSA) is 67.0 Å². The minimum atomic E-state index is -0.263.